The standard InChI is InChI=1S/C19H26O2/c1-12-13(2)21-14(3)19(12)18(20)11-16-9-6-8-15-7-4-5-10-17(15)16/h4-5,7,10,12-14,16,19H,6,8-9,11H2,1-3H3. The molecule has 0 bridgehead atoms. The maximum Gasteiger partial charge on any atom is 0.139 e. The van der Waals surface area contributed by atoms with Crippen molar-refractivity contribution in [3.8, 4) is 0 Å². The summed E-state index contributed by atoms with van der Waals surface area (Å²) in [5.41, 5.74) is 2.85. The van der Waals surface area contributed by atoms with Gasteiger partial charge in [-0.25, -0.2) is 0 Å². The summed E-state index contributed by atoms with van der Waals surface area (Å²) in [5.74, 6) is 1.24. The van der Waals surface area contributed by atoms with Gasteiger partial charge in [-0.05, 0) is 56.1 Å². The number of ketones is 1. The Kier molecular flexibility index (Phi) is 4.17. The van der Waals surface area contributed by atoms with Crippen molar-refractivity contribution in [2.24, 2.45) is 11.8 Å². The van der Waals surface area contributed by atoms with Gasteiger partial charge in [-0.2, -0.15) is 0 Å². The first-order chi connectivity index (χ1) is 10.1. The van der Waals surface area contributed by atoms with Crippen molar-refractivity contribution in [1.29, 1.82) is 0 Å². The number of aryl methyl sites for hydroxylation is 1. The highest BCUT2D eigenvalue weighted by molar-refractivity contribution is 5.83. The van der Waals surface area contributed by atoms with Gasteiger partial charge in [0.05, 0.1) is 12.2 Å². The van der Waals surface area contributed by atoms with Gasteiger partial charge < -0.3 is 4.74 Å². The van der Waals surface area contributed by atoms with Crippen LogP contribution in [0.5, 0.6) is 0 Å². The van der Waals surface area contributed by atoms with E-state index in [1.165, 1.54) is 17.5 Å². The molecule has 5 atom stereocenters. The summed E-state index contributed by atoms with van der Waals surface area (Å²) in [6.07, 6.45) is 4.48. The molecule has 1 aliphatic carbocycles. The van der Waals surface area contributed by atoms with Gasteiger partial charge in [-0.3, -0.25) is 4.79 Å². The summed E-state index contributed by atoms with van der Waals surface area (Å²) in [7, 11) is 0. The summed E-state index contributed by atoms with van der Waals surface area (Å²) < 4.78 is 5.84. The smallest absolute Gasteiger partial charge is 0.139 e. The van der Waals surface area contributed by atoms with Gasteiger partial charge in [-0.1, -0.05) is 31.2 Å². The summed E-state index contributed by atoms with van der Waals surface area (Å²) in [6.45, 7) is 6.30. The van der Waals surface area contributed by atoms with E-state index in [0.29, 0.717) is 24.0 Å². The Balaban J connectivity index is 1.74. The zero-order valence-electron chi connectivity index (χ0n) is 13.3. The minimum absolute atomic E-state index is 0.0707. The molecular formula is C19H26O2. The van der Waals surface area contributed by atoms with E-state index >= 15 is 0 Å². The van der Waals surface area contributed by atoms with Crippen molar-refractivity contribution in [3.05, 3.63) is 35.4 Å². The number of Topliss-reactive ketones (excluding diaryl/α,β-unsaturated/α-hetero) is 1. The Bertz CT molecular complexity index is 522. The van der Waals surface area contributed by atoms with Gasteiger partial charge in [0.1, 0.15) is 5.78 Å². The quantitative estimate of drug-likeness (QED) is 0.835. The van der Waals surface area contributed by atoms with E-state index in [1.54, 1.807) is 0 Å². The van der Waals surface area contributed by atoms with E-state index in [9.17, 15) is 4.79 Å². The first kappa shape index (κ1) is 14.8. The average molecular weight is 286 g/mol. The van der Waals surface area contributed by atoms with E-state index in [0.717, 1.165) is 12.8 Å². The minimum atomic E-state index is 0.0707. The van der Waals surface area contributed by atoms with Crippen LogP contribution in [-0.4, -0.2) is 18.0 Å². The predicted molar refractivity (Wildman–Crippen MR) is 84.4 cm³/mol. The van der Waals surface area contributed by atoms with Crippen LogP contribution in [0.1, 0.15) is 57.1 Å². The van der Waals surface area contributed by atoms with Gasteiger partial charge in [0.25, 0.3) is 0 Å². The highest BCUT2D eigenvalue weighted by Gasteiger charge is 2.41. The molecule has 0 spiro atoms. The minimum Gasteiger partial charge on any atom is -0.375 e. The number of carbonyl (C=O) groups excluding carboxylic acids is 1. The SMILES string of the molecule is CC1OC(C)C(C(=O)CC2CCCc3ccccc32)C1C. The van der Waals surface area contributed by atoms with E-state index < -0.39 is 0 Å². The molecule has 1 aliphatic heterocycles. The molecule has 1 heterocycles. The lowest BCUT2D eigenvalue weighted by Gasteiger charge is -2.27. The van der Waals surface area contributed by atoms with Crippen molar-refractivity contribution in [1.82, 2.24) is 0 Å². The van der Waals surface area contributed by atoms with Crippen molar-refractivity contribution in [3.63, 3.8) is 0 Å². The summed E-state index contributed by atoms with van der Waals surface area (Å²) in [4.78, 5) is 12.8. The maximum absolute atomic E-state index is 12.8. The largest absolute Gasteiger partial charge is 0.375 e. The fourth-order valence-corrected chi connectivity index (χ4v) is 4.27. The fourth-order valence-electron chi connectivity index (χ4n) is 4.27. The molecule has 3 rings (SSSR count). The van der Waals surface area contributed by atoms with Crippen LogP contribution in [0.15, 0.2) is 24.3 Å². The number of fused-ring (bicyclic) bond motifs is 1. The molecule has 1 saturated heterocycles. The molecule has 0 aromatic heterocycles. The van der Waals surface area contributed by atoms with Crippen LogP contribution in [0.3, 0.4) is 0 Å². The lowest BCUT2D eigenvalue weighted by molar-refractivity contribution is -0.125. The monoisotopic (exact) mass is 286 g/mol. The van der Waals surface area contributed by atoms with Gasteiger partial charge >= 0.3 is 0 Å². The molecule has 0 radical (unpaired) electrons. The third kappa shape index (κ3) is 2.78. The van der Waals surface area contributed by atoms with Crippen LogP contribution >= 0.6 is 0 Å². The van der Waals surface area contributed by atoms with Crippen LogP contribution in [0.25, 0.3) is 0 Å². The molecule has 21 heavy (non-hydrogen) atoms. The Morgan fingerprint density at radius 2 is 1.95 bits per heavy atom. The summed E-state index contributed by atoms with van der Waals surface area (Å²) >= 11 is 0. The number of ether oxygens (including phenoxy) is 1. The maximum atomic E-state index is 12.8. The molecule has 0 N–H and O–H groups in total. The molecule has 1 fully saturated rings. The Morgan fingerprint density at radius 1 is 1.19 bits per heavy atom. The fraction of sp³-hybridized carbons (Fsp3) is 0.632. The molecule has 5 unspecified atom stereocenters. The molecular weight excluding hydrogens is 260 g/mol. The molecule has 1 aromatic carbocycles. The van der Waals surface area contributed by atoms with Gasteiger partial charge in [0.15, 0.2) is 0 Å². The topological polar surface area (TPSA) is 26.3 Å². The number of hydrogen-bond acceptors (Lipinski definition) is 2. The molecule has 0 amide bonds. The summed E-state index contributed by atoms with van der Waals surface area (Å²) in [6, 6.07) is 8.65. The lowest BCUT2D eigenvalue weighted by Crippen LogP contribution is -2.28. The van der Waals surface area contributed by atoms with Crippen molar-refractivity contribution in [2.75, 3.05) is 0 Å². The molecule has 1 aromatic rings. The van der Waals surface area contributed by atoms with Gasteiger partial charge in [0.2, 0.25) is 0 Å². The second-order valence-electron chi connectivity index (χ2n) is 6.89. The van der Waals surface area contributed by atoms with Crippen LogP contribution < -0.4 is 0 Å². The number of benzene rings is 1. The first-order valence-electron chi connectivity index (χ1n) is 8.34. The van der Waals surface area contributed by atoms with E-state index in [1.807, 2.05) is 0 Å². The zero-order chi connectivity index (χ0) is 15.0. The second kappa shape index (κ2) is 5.92. The zero-order valence-corrected chi connectivity index (χ0v) is 13.3. The van der Waals surface area contributed by atoms with Gasteiger partial charge in [-0.15, -0.1) is 0 Å². The molecule has 0 saturated carbocycles. The van der Waals surface area contributed by atoms with Crippen molar-refractivity contribution in [2.45, 2.75) is 64.6 Å². The van der Waals surface area contributed by atoms with E-state index in [4.69, 9.17) is 4.74 Å². The molecule has 114 valence electrons. The molecule has 2 nitrogen and oxygen atoms in total. The third-order valence-corrected chi connectivity index (χ3v) is 5.55. The van der Waals surface area contributed by atoms with Crippen LogP contribution in [-0.2, 0) is 16.0 Å². The van der Waals surface area contributed by atoms with Crippen molar-refractivity contribution < 1.29 is 9.53 Å². The van der Waals surface area contributed by atoms with Gasteiger partial charge in [0, 0.05) is 12.3 Å². The second-order valence-corrected chi connectivity index (χ2v) is 6.89. The lowest BCUT2D eigenvalue weighted by atomic mass is 9.76. The summed E-state index contributed by atoms with van der Waals surface area (Å²) in [5, 5.41) is 0. The Morgan fingerprint density at radius 3 is 2.67 bits per heavy atom. The number of hydrogen-bond donors (Lipinski definition) is 0. The predicted octanol–water partition coefficient (Wildman–Crippen LogP) is 4.13. The third-order valence-electron chi connectivity index (χ3n) is 5.55. The highest BCUT2D eigenvalue weighted by atomic mass is 16.5. The molecule has 2 heteroatoms. The normalized spacial score (nSPS) is 35.5. The Hall–Kier alpha value is -1.15. The molecule has 2 aliphatic rings. The Labute approximate surface area is 127 Å². The van der Waals surface area contributed by atoms with E-state index in [-0.39, 0.29) is 18.1 Å². The van der Waals surface area contributed by atoms with Crippen LogP contribution in [0, 0.1) is 11.8 Å². The van der Waals surface area contributed by atoms with Crippen LogP contribution in [0.4, 0.5) is 0 Å². The highest BCUT2D eigenvalue weighted by Crippen LogP contribution is 2.38. The number of rotatable bonds is 3. The average Bonchev–Trinajstić information content (AvgIpc) is 2.72. The van der Waals surface area contributed by atoms with Crippen molar-refractivity contribution >= 4 is 5.78 Å². The number of carbonyl (C=O) groups is 1. The van der Waals surface area contributed by atoms with Crippen LogP contribution in [0.2, 0.25) is 0 Å². The van der Waals surface area contributed by atoms with E-state index in [2.05, 4.69) is 45.0 Å². The first-order valence-corrected chi connectivity index (χ1v) is 8.34.